The van der Waals surface area contributed by atoms with Crippen molar-refractivity contribution in [3.8, 4) is 0 Å². The first kappa shape index (κ1) is 12.8. The van der Waals surface area contributed by atoms with Gasteiger partial charge in [0.1, 0.15) is 10.3 Å². The van der Waals surface area contributed by atoms with Crippen LogP contribution in [0, 0.1) is 6.92 Å². The van der Waals surface area contributed by atoms with E-state index >= 15 is 0 Å². The van der Waals surface area contributed by atoms with E-state index in [-0.39, 0.29) is 0 Å². The molecule has 0 spiro atoms. The summed E-state index contributed by atoms with van der Waals surface area (Å²) in [5.41, 5.74) is 0.860. The third kappa shape index (κ3) is 2.46. The van der Waals surface area contributed by atoms with Crippen molar-refractivity contribution in [1.29, 1.82) is 0 Å². The molecule has 4 nitrogen and oxygen atoms in total. The second-order valence-corrected chi connectivity index (χ2v) is 5.18. The number of hydrogen-bond acceptors (Lipinski definition) is 4. The van der Waals surface area contributed by atoms with E-state index in [2.05, 4.69) is 10.2 Å². The third-order valence-corrected chi connectivity index (χ3v) is 4.08. The first-order valence-electron chi connectivity index (χ1n) is 5.75. The van der Waals surface area contributed by atoms with E-state index in [1.165, 1.54) is 11.8 Å². The van der Waals surface area contributed by atoms with Crippen LogP contribution in [0.5, 0.6) is 0 Å². The molecular weight excluding hydrogens is 248 g/mol. The molecule has 0 amide bonds. The predicted molar refractivity (Wildman–Crippen MR) is 71.8 cm³/mol. The zero-order chi connectivity index (χ0) is 13.1. The van der Waals surface area contributed by atoms with Gasteiger partial charge in [0.25, 0.3) is 0 Å². The van der Waals surface area contributed by atoms with Gasteiger partial charge in [-0.05, 0) is 13.3 Å². The molecule has 2 aromatic rings. The fourth-order valence-electron chi connectivity index (χ4n) is 1.74. The third-order valence-electron chi connectivity index (χ3n) is 2.74. The van der Waals surface area contributed by atoms with Gasteiger partial charge < -0.3 is 5.11 Å². The fraction of sp³-hybridized carbons (Fsp3) is 0.308. The summed E-state index contributed by atoms with van der Waals surface area (Å²) in [5.74, 6) is -0.811. The number of carboxylic acid groups (broad SMARTS) is 1. The molecule has 1 aromatic carbocycles. The summed E-state index contributed by atoms with van der Waals surface area (Å²) in [6.45, 7) is 3.76. The topological polar surface area (TPSA) is 63.1 Å². The summed E-state index contributed by atoms with van der Waals surface area (Å²) in [6.07, 6.45) is 0.559. The molecule has 0 aliphatic heterocycles. The number of hydrogen-bond donors (Lipinski definition) is 1. The van der Waals surface area contributed by atoms with Crippen LogP contribution in [0.2, 0.25) is 0 Å². The minimum Gasteiger partial charge on any atom is -0.480 e. The number of aryl methyl sites for hydroxylation is 1. The Balaban J connectivity index is 2.45. The van der Waals surface area contributed by atoms with Crippen molar-refractivity contribution in [3.05, 3.63) is 30.0 Å². The van der Waals surface area contributed by atoms with Crippen LogP contribution in [0.4, 0.5) is 0 Å². The highest BCUT2D eigenvalue weighted by atomic mass is 32.2. The van der Waals surface area contributed by atoms with Crippen LogP contribution in [0.3, 0.4) is 0 Å². The van der Waals surface area contributed by atoms with E-state index in [0.717, 1.165) is 16.5 Å². The van der Waals surface area contributed by atoms with E-state index in [1.54, 1.807) is 0 Å². The average molecular weight is 262 g/mol. The number of rotatable bonds is 4. The van der Waals surface area contributed by atoms with Crippen LogP contribution >= 0.6 is 11.8 Å². The van der Waals surface area contributed by atoms with Gasteiger partial charge in [-0.3, -0.25) is 4.79 Å². The Labute approximate surface area is 109 Å². The Morgan fingerprint density at radius 3 is 2.61 bits per heavy atom. The van der Waals surface area contributed by atoms with Gasteiger partial charge in [0.15, 0.2) is 0 Å². The van der Waals surface area contributed by atoms with E-state index in [4.69, 9.17) is 5.11 Å². The maximum atomic E-state index is 11.1. The van der Waals surface area contributed by atoms with Gasteiger partial charge >= 0.3 is 5.97 Å². The number of benzene rings is 1. The van der Waals surface area contributed by atoms with Crippen molar-refractivity contribution < 1.29 is 9.90 Å². The summed E-state index contributed by atoms with van der Waals surface area (Å²) in [4.78, 5) is 11.1. The zero-order valence-electron chi connectivity index (χ0n) is 10.3. The highest BCUT2D eigenvalue weighted by Crippen LogP contribution is 2.30. The zero-order valence-corrected chi connectivity index (χ0v) is 11.1. The molecule has 18 heavy (non-hydrogen) atoms. The fourth-order valence-corrected chi connectivity index (χ4v) is 2.67. The summed E-state index contributed by atoms with van der Waals surface area (Å²) >= 11 is 1.26. The number of carboxylic acids is 1. The average Bonchev–Trinajstić information content (AvgIpc) is 2.38. The van der Waals surface area contributed by atoms with Crippen LogP contribution in [0.1, 0.15) is 19.0 Å². The van der Waals surface area contributed by atoms with Gasteiger partial charge in [0, 0.05) is 10.8 Å². The first-order chi connectivity index (χ1) is 8.63. The van der Waals surface area contributed by atoms with E-state index in [1.807, 2.05) is 38.1 Å². The van der Waals surface area contributed by atoms with Gasteiger partial charge in [-0.1, -0.05) is 43.0 Å². The first-order valence-corrected chi connectivity index (χ1v) is 6.63. The SMILES string of the molecule is CCC(Sc1nnc(C)c2ccccc12)C(=O)O. The molecule has 1 atom stereocenters. The number of fused-ring (bicyclic) bond motifs is 1. The molecule has 1 aromatic heterocycles. The van der Waals surface area contributed by atoms with E-state index < -0.39 is 11.2 Å². The Hall–Kier alpha value is -1.62. The molecule has 0 aliphatic carbocycles. The highest BCUT2D eigenvalue weighted by Gasteiger charge is 2.19. The largest absolute Gasteiger partial charge is 0.480 e. The molecule has 5 heteroatoms. The van der Waals surface area contributed by atoms with Crippen molar-refractivity contribution >= 4 is 28.5 Å². The van der Waals surface area contributed by atoms with Crippen LogP contribution in [-0.2, 0) is 4.79 Å². The van der Waals surface area contributed by atoms with Gasteiger partial charge in [0.05, 0.1) is 5.69 Å². The summed E-state index contributed by atoms with van der Waals surface area (Å²) in [5, 5.41) is 19.5. The normalized spacial score (nSPS) is 12.6. The van der Waals surface area contributed by atoms with Gasteiger partial charge in [-0.25, -0.2) is 0 Å². The van der Waals surface area contributed by atoms with Crippen molar-refractivity contribution in [1.82, 2.24) is 10.2 Å². The number of thioether (sulfide) groups is 1. The lowest BCUT2D eigenvalue weighted by atomic mass is 10.1. The number of aromatic nitrogens is 2. The van der Waals surface area contributed by atoms with Crippen molar-refractivity contribution in [3.63, 3.8) is 0 Å². The van der Waals surface area contributed by atoms with Crippen molar-refractivity contribution in [2.45, 2.75) is 30.5 Å². The Morgan fingerprint density at radius 2 is 2.00 bits per heavy atom. The van der Waals surface area contributed by atoms with Gasteiger partial charge in [-0.2, -0.15) is 5.10 Å². The molecule has 1 N–H and O–H groups in total. The molecule has 94 valence electrons. The maximum absolute atomic E-state index is 11.1. The molecule has 0 saturated heterocycles. The number of nitrogens with zero attached hydrogens (tertiary/aromatic N) is 2. The monoisotopic (exact) mass is 262 g/mol. The van der Waals surface area contributed by atoms with Crippen LogP contribution in [0.25, 0.3) is 10.8 Å². The van der Waals surface area contributed by atoms with Crippen LogP contribution < -0.4 is 0 Å². The number of carbonyl (C=O) groups is 1. The standard InChI is InChI=1S/C13H14N2O2S/c1-3-11(13(16)17)18-12-10-7-5-4-6-9(10)8(2)14-15-12/h4-7,11H,3H2,1-2H3,(H,16,17). The van der Waals surface area contributed by atoms with Crippen molar-refractivity contribution in [2.24, 2.45) is 0 Å². The molecule has 0 saturated carbocycles. The molecule has 0 bridgehead atoms. The minimum absolute atomic E-state index is 0.481. The molecule has 1 heterocycles. The maximum Gasteiger partial charge on any atom is 0.317 e. The number of aliphatic carboxylic acids is 1. The second kappa shape index (κ2) is 5.35. The van der Waals surface area contributed by atoms with Gasteiger partial charge in [0.2, 0.25) is 0 Å². The summed E-state index contributed by atoms with van der Waals surface area (Å²) in [6, 6.07) is 7.80. The van der Waals surface area contributed by atoms with E-state index in [9.17, 15) is 4.79 Å². The second-order valence-electron chi connectivity index (χ2n) is 3.99. The molecule has 0 aliphatic rings. The minimum atomic E-state index is -0.811. The highest BCUT2D eigenvalue weighted by molar-refractivity contribution is 8.00. The molecule has 0 fully saturated rings. The lowest BCUT2D eigenvalue weighted by Crippen LogP contribution is -2.15. The summed E-state index contributed by atoms with van der Waals surface area (Å²) in [7, 11) is 0. The summed E-state index contributed by atoms with van der Waals surface area (Å²) < 4.78 is 0. The Bertz CT molecular complexity index is 586. The molecule has 0 radical (unpaired) electrons. The molecular formula is C13H14N2O2S. The molecule has 2 rings (SSSR count). The van der Waals surface area contributed by atoms with Gasteiger partial charge in [-0.15, -0.1) is 5.10 Å². The lowest BCUT2D eigenvalue weighted by Gasteiger charge is -2.10. The Kier molecular flexibility index (Phi) is 3.81. The quantitative estimate of drug-likeness (QED) is 0.858. The van der Waals surface area contributed by atoms with Crippen molar-refractivity contribution in [2.75, 3.05) is 0 Å². The van der Waals surface area contributed by atoms with E-state index in [0.29, 0.717) is 11.4 Å². The predicted octanol–water partition coefficient (Wildman–Crippen LogP) is 2.89. The van der Waals surface area contributed by atoms with Crippen LogP contribution in [0.15, 0.2) is 29.3 Å². The smallest absolute Gasteiger partial charge is 0.317 e. The van der Waals surface area contributed by atoms with Crippen LogP contribution in [-0.4, -0.2) is 26.5 Å². The lowest BCUT2D eigenvalue weighted by molar-refractivity contribution is -0.136. The molecule has 1 unspecified atom stereocenters. The Morgan fingerprint density at radius 1 is 1.33 bits per heavy atom.